The zero-order chi connectivity index (χ0) is 20.9. The van der Waals surface area contributed by atoms with Crippen LogP contribution in [0.25, 0.3) is 0 Å². The number of fused-ring (bicyclic) bond motifs is 1. The number of thiophene rings is 1. The Bertz CT molecular complexity index is 770. The average Bonchev–Trinajstić information content (AvgIpc) is 3.28. The fraction of sp³-hybridized carbons (Fsp3) is 0.727. The average molecular weight is 420 g/mol. The molecule has 1 N–H and O–H groups in total. The van der Waals surface area contributed by atoms with Crippen LogP contribution in [0.15, 0.2) is 17.5 Å². The highest BCUT2D eigenvalue weighted by atomic mass is 32.1. The van der Waals surface area contributed by atoms with Crippen molar-refractivity contribution in [3.8, 4) is 0 Å². The van der Waals surface area contributed by atoms with Gasteiger partial charge in [-0.25, -0.2) is 0 Å². The van der Waals surface area contributed by atoms with E-state index in [-0.39, 0.29) is 22.6 Å². The summed E-state index contributed by atoms with van der Waals surface area (Å²) in [6.07, 6.45) is 1.15. The molecule has 7 heteroatoms. The molecule has 3 fully saturated rings. The minimum atomic E-state index is -0.921. The van der Waals surface area contributed by atoms with Crippen LogP contribution in [0.1, 0.15) is 43.8 Å². The molecule has 160 valence electrons. The summed E-state index contributed by atoms with van der Waals surface area (Å²) in [5, 5.41) is 4.83. The molecule has 29 heavy (non-hydrogen) atoms. The molecule has 3 aliphatic rings. The largest absolute Gasteiger partial charge is 0.379 e. The second-order valence-corrected chi connectivity index (χ2v) is 11.2. The topological polar surface area (TPSA) is 61.9 Å². The van der Waals surface area contributed by atoms with Crippen molar-refractivity contribution in [3.63, 3.8) is 0 Å². The van der Waals surface area contributed by atoms with Crippen LogP contribution >= 0.6 is 11.3 Å². The fourth-order valence-corrected chi connectivity index (χ4v) is 6.52. The molecular weight excluding hydrogens is 386 g/mol. The molecule has 4 rings (SSSR count). The summed E-state index contributed by atoms with van der Waals surface area (Å²) >= 11 is 1.39. The number of ether oxygens (including phenoxy) is 1. The maximum Gasteiger partial charge on any atom is 0.262 e. The fourth-order valence-electron chi connectivity index (χ4n) is 5.90. The lowest BCUT2D eigenvalue weighted by Crippen LogP contribution is -2.59. The first-order chi connectivity index (χ1) is 13.6. The van der Waals surface area contributed by atoms with Crippen LogP contribution < -0.4 is 5.32 Å². The number of amides is 2. The van der Waals surface area contributed by atoms with E-state index >= 15 is 0 Å². The number of carbonyl (C=O) groups excluding carboxylic acids is 2. The van der Waals surface area contributed by atoms with Crippen molar-refractivity contribution in [1.29, 1.82) is 0 Å². The molecule has 0 radical (unpaired) electrons. The Kier molecular flexibility index (Phi) is 5.28. The molecule has 2 saturated heterocycles. The first-order valence-corrected chi connectivity index (χ1v) is 11.5. The number of hydrogen-bond acceptors (Lipinski definition) is 5. The van der Waals surface area contributed by atoms with Crippen LogP contribution in [0.2, 0.25) is 0 Å². The molecule has 0 bridgehead atoms. The van der Waals surface area contributed by atoms with E-state index in [2.05, 4.69) is 24.1 Å². The van der Waals surface area contributed by atoms with Crippen molar-refractivity contribution < 1.29 is 14.3 Å². The number of nitrogens with one attached hydrogen (secondary N) is 1. The number of rotatable bonds is 5. The van der Waals surface area contributed by atoms with E-state index in [4.69, 9.17) is 4.74 Å². The van der Waals surface area contributed by atoms with Crippen molar-refractivity contribution in [1.82, 2.24) is 15.1 Å². The highest BCUT2D eigenvalue weighted by Crippen LogP contribution is 2.63. The Morgan fingerprint density at radius 1 is 1.31 bits per heavy atom. The third-order valence-corrected chi connectivity index (χ3v) is 7.90. The zero-order valence-electron chi connectivity index (χ0n) is 18.0. The molecule has 2 aliphatic heterocycles. The second-order valence-electron chi connectivity index (χ2n) is 10.2. The van der Waals surface area contributed by atoms with Gasteiger partial charge in [0.1, 0.15) is 5.54 Å². The zero-order valence-corrected chi connectivity index (χ0v) is 18.8. The Balaban J connectivity index is 1.45. The molecule has 0 spiro atoms. The number of likely N-dealkylation sites (tertiary alicyclic amines) is 1. The number of carbonyl (C=O) groups is 2. The molecular formula is C22H33N3O3S. The van der Waals surface area contributed by atoms with E-state index < -0.39 is 5.54 Å². The van der Waals surface area contributed by atoms with Gasteiger partial charge >= 0.3 is 0 Å². The van der Waals surface area contributed by atoms with Gasteiger partial charge in [-0.1, -0.05) is 19.9 Å². The normalized spacial score (nSPS) is 29.2. The van der Waals surface area contributed by atoms with Crippen LogP contribution in [-0.2, 0) is 9.53 Å². The number of nitrogens with zero attached hydrogens (tertiary/aromatic N) is 2. The van der Waals surface area contributed by atoms with E-state index in [1.54, 1.807) is 6.07 Å². The molecule has 1 aromatic heterocycles. The van der Waals surface area contributed by atoms with Gasteiger partial charge in [-0.3, -0.25) is 14.5 Å². The van der Waals surface area contributed by atoms with Gasteiger partial charge in [-0.2, -0.15) is 0 Å². The summed E-state index contributed by atoms with van der Waals surface area (Å²) in [6.45, 7) is 14.5. The lowest BCUT2D eigenvalue weighted by Gasteiger charge is -2.58. The van der Waals surface area contributed by atoms with Crippen LogP contribution in [0.4, 0.5) is 0 Å². The molecule has 2 atom stereocenters. The lowest BCUT2D eigenvalue weighted by atomic mass is 9.48. The molecule has 1 aliphatic carbocycles. The van der Waals surface area contributed by atoms with Gasteiger partial charge in [-0.05, 0) is 43.0 Å². The van der Waals surface area contributed by atoms with E-state index in [0.717, 1.165) is 52.4 Å². The molecule has 1 saturated carbocycles. The maximum absolute atomic E-state index is 13.4. The third kappa shape index (κ3) is 3.84. The quantitative estimate of drug-likeness (QED) is 0.796. The smallest absolute Gasteiger partial charge is 0.262 e. The predicted molar refractivity (Wildman–Crippen MR) is 114 cm³/mol. The molecule has 1 aromatic rings. The summed E-state index contributed by atoms with van der Waals surface area (Å²) in [5.41, 5.74) is -0.495. The Morgan fingerprint density at radius 3 is 2.66 bits per heavy atom. The van der Waals surface area contributed by atoms with Crippen LogP contribution in [0, 0.1) is 16.7 Å². The third-order valence-electron chi connectivity index (χ3n) is 7.03. The highest BCUT2D eigenvalue weighted by Gasteiger charge is 2.64. The summed E-state index contributed by atoms with van der Waals surface area (Å²) in [4.78, 5) is 31.1. The van der Waals surface area contributed by atoms with Crippen molar-refractivity contribution >= 4 is 23.2 Å². The second kappa shape index (κ2) is 7.36. The van der Waals surface area contributed by atoms with Gasteiger partial charge in [0.15, 0.2) is 0 Å². The lowest BCUT2D eigenvalue weighted by molar-refractivity contribution is -0.136. The first kappa shape index (κ1) is 20.8. The SMILES string of the molecule is CC(C)(NC(=O)c1cccs1)C(=O)N1C[C@@H]2C(C)(C)C[C@]2(CN2CCOCC2)C1. The van der Waals surface area contributed by atoms with Gasteiger partial charge < -0.3 is 15.0 Å². The number of morpholine rings is 1. The monoisotopic (exact) mass is 419 g/mol. The summed E-state index contributed by atoms with van der Waals surface area (Å²) in [5.74, 6) is 0.350. The summed E-state index contributed by atoms with van der Waals surface area (Å²) in [7, 11) is 0. The van der Waals surface area contributed by atoms with Crippen molar-refractivity contribution in [2.45, 2.75) is 39.7 Å². The van der Waals surface area contributed by atoms with Crippen LogP contribution in [-0.4, -0.2) is 73.1 Å². The van der Waals surface area contributed by atoms with Gasteiger partial charge in [0, 0.05) is 38.1 Å². The standard InChI is InChI=1S/C22H33N3O3S/c1-20(2)13-22(14-24-7-9-28-10-8-24)15-25(12-17(20)22)19(27)21(3,4)23-18(26)16-6-5-11-29-16/h5-6,11,17H,7-10,12-15H2,1-4H3,(H,23,26)/t17-,22+/m1/s1. The minimum absolute atomic E-state index is 0.0222. The summed E-state index contributed by atoms with van der Waals surface area (Å²) in [6, 6.07) is 3.64. The molecule has 0 unspecified atom stereocenters. The number of hydrogen-bond donors (Lipinski definition) is 1. The Labute approximate surface area is 177 Å². The van der Waals surface area contributed by atoms with Crippen molar-refractivity contribution in [3.05, 3.63) is 22.4 Å². The van der Waals surface area contributed by atoms with Crippen molar-refractivity contribution in [2.75, 3.05) is 45.9 Å². The first-order valence-electron chi connectivity index (χ1n) is 10.6. The molecule has 3 heterocycles. The Hall–Kier alpha value is -1.44. The van der Waals surface area contributed by atoms with E-state index in [0.29, 0.717) is 10.8 Å². The minimum Gasteiger partial charge on any atom is -0.379 e. The van der Waals surface area contributed by atoms with Crippen LogP contribution in [0.5, 0.6) is 0 Å². The maximum atomic E-state index is 13.4. The highest BCUT2D eigenvalue weighted by molar-refractivity contribution is 7.12. The van der Waals surface area contributed by atoms with Crippen molar-refractivity contribution in [2.24, 2.45) is 16.7 Å². The van der Waals surface area contributed by atoms with Gasteiger partial charge in [0.25, 0.3) is 5.91 Å². The summed E-state index contributed by atoms with van der Waals surface area (Å²) < 4.78 is 5.51. The molecule has 6 nitrogen and oxygen atoms in total. The van der Waals surface area contributed by atoms with E-state index in [1.807, 2.05) is 30.2 Å². The molecule has 2 amide bonds. The Morgan fingerprint density at radius 2 is 2.03 bits per heavy atom. The van der Waals surface area contributed by atoms with Gasteiger partial charge in [0.05, 0.1) is 18.1 Å². The van der Waals surface area contributed by atoms with E-state index in [9.17, 15) is 9.59 Å². The van der Waals surface area contributed by atoms with Gasteiger partial charge in [-0.15, -0.1) is 11.3 Å². The van der Waals surface area contributed by atoms with Crippen LogP contribution in [0.3, 0.4) is 0 Å². The molecule has 0 aromatic carbocycles. The van der Waals surface area contributed by atoms with E-state index in [1.165, 1.54) is 11.3 Å². The van der Waals surface area contributed by atoms with Gasteiger partial charge in [0.2, 0.25) is 5.91 Å². The predicted octanol–water partition coefficient (Wildman–Crippen LogP) is 2.46.